The van der Waals surface area contributed by atoms with E-state index in [-0.39, 0.29) is 6.09 Å². The van der Waals surface area contributed by atoms with E-state index >= 15 is 0 Å². The average Bonchev–Trinajstić information content (AvgIpc) is 2.84. The van der Waals surface area contributed by atoms with E-state index in [2.05, 4.69) is 27.9 Å². The van der Waals surface area contributed by atoms with Gasteiger partial charge in [-0.1, -0.05) is 17.8 Å². The molecule has 0 N–H and O–H groups in total. The Bertz CT molecular complexity index is 889. The van der Waals surface area contributed by atoms with Crippen LogP contribution >= 0.6 is 11.8 Å². The van der Waals surface area contributed by atoms with Gasteiger partial charge in [0.25, 0.3) is 0 Å². The Morgan fingerprint density at radius 2 is 2.06 bits per heavy atom. The van der Waals surface area contributed by atoms with Crippen LogP contribution in [-0.4, -0.2) is 69.7 Å². The molecule has 2 aromatic rings. The number of hydrogen-bond acceptors (Lipinski definition) is 7. The van der Waals surface area contributed by atoms with Crippen molar-refractivity contribution in [2.45, 2.75) is 62.4 Å². The van der Waals surface area contributed by atoms with Crippen molar-refractivity contribution in [2.24, 2.45) is 0 Å². The molecule has 2 aliphatic heterocycles. The summed E-state index contributed by atoms with van der Waals surface area (Å²) in [7, 11) is 0. The smallest absolute Gasteiger partial charge is 0.409 e. The molecule has 1 atom stereocenters. The maximum absolute atomic E-state index is 12.0. The molecule has 0 radical (unpaired) electrons. The highest BCUT2D eigenvalue weighted by Gasteiger charge is 2.32. The molecule has 2 aromatic heterocycles. The van der Waals surface area contributed by atoms with E-state index in [0.717, 1.165) is 49.9 Å². The number of nitrogens with zero attached hydrogens (tertiary/aromatic N) is 5. The third-order valence-electron chi connectivity index (χ3n) is 6.43. The van der Waals surface area contributed by atoms with E-state index in [0.29, 0.717) is 18.6 Å². The van der Waals surface area contributed by atoms with Gasteiger partial charge in [-0.15, -0.1) is 0 Å². The minimum absolute atomic E-state index is 0.171. The fourth-order valence-corrected chi connectivity index (χ4v) is 5.50. The predicted molar refractivity (Wildman–Crippen MR) is 126 cm³/mol. The van der Waals surface area contributed by atoms with E-state index in [4.69, 9.17) is 9.72 Å². The van der Waals surface area contributed by atoms with Gasteiger partial charge in [0, 0.05) is 55.9 Å². The van der Waals surface area contributed by atoms with Gasteiger partial charge >= 0.3 is 6.09 Å². The van der Waals surface area contributed by atoms with Crippen LogP contribution in [-0.2, 0) is 10.5 Å². The van der Waals surface area contributed by atoms with Crippen LogP contribution in [0, 0.1) is 6.92 Å². The Hall–Kier alpha value is -2.19. The number of piperidine rings is 2. The molecule has 4 rings (SSSR count). The highest BCUT2D eigenvalue weighted by molar-refractivity contribution is 7.98. The summed E-state index contributed by atoms with van der Waals surface area (Å²) in [6.07, 6.45) is 9.88. The summed E-state index contributed by atoms with van der Waals surface area (Å²) < 4.78 is 5.16. The first-order chi connectivity index (χ1) is 15.6. The van der Waals surface area contributed by atoms with Gasteiger partial charge in [0.05, 0.1) is 12.3 Å². The molecule has 2 saturated heterocycles. The summed E-state index contributed by atoms with van der Waals surface area (Å²) >= 11 is 1.67. The van der Waals surface area contributed by atoms with E-state index in [1.54, 1.807) is 18.0 Å². The molecular weight excluding hydrogens is 422 g/mol. The molecule has 2 fully saturated rings. The minimum atomic E-state index is -0.171. The van der Waals surface area contributed by atoms with Gasteiger partial charge in [0.2, 0.25) is 0 Å². The van der Waals surface area contributed by atoms with Crippen LogP contribution in [0.1, 0.15) is 55.3 Å². The summed E-state index contributed by atoms with van der Waals surface area (Å²) in [5.41, 5.74) is 3.56. The fourth-order valence-electron chi connectivity index (χ4n) is 4.74. The minimum Gasteiger partial charge on any atom is -0.450 e. The zero-order chi connectivity index (χ0) is 22.3. The van der Waals surface area contributed by atoms with Gasteiger partial charge in [0.15, 0.2) is 5.16 Å². The molecule has 7 nitrogen and oxygen atoms in total. The van der Waals surface area contributed by atoms with E-state index in [9.17, 15) is 4.79 Å². The third-order valence-corrected chi connectivity index (χ3v) is 7.36. The molecule has 0 saturated carbocycles. The van der Waals surface area contributed by atoms with Crippen LogP contribution in [0.15, 0.2) is 35.9 Å². The van der Waals surface area contributed by atoms with Gasteiger partial charge in [0.1, 0.15) is 0 Å². The molecule has 4 heterocycles. The number of carbonyl (C=O) groups excluding carboxylic acids is 1. The predicted octanol–water partition coefficient (Wildman–Crippen LogP) is 4.27. The Morgan fingerprint density at radius 1 is 1.22 bits per heavy atom. The van der Waals surface area contributed by atoms with Gasteiger partial charge in [-0.3, -0.25) is 9.88 Å². The van der Waals surface area contributed by atoms with Crippen LogP contribution in [0.25, 0.3) is 0 Å². The Labute approximate surface area is 195 Å². The van der Waals surface area contributed by atoms with Crippen molar-refractivity contribution in [1.29, 1.82) is 0 Å². The number of ether oxygens (including phenoxy) is 1. The first-order valence-electron chi connectivity index (χ1n) is 11.6. The van der Waals surface area contributed by atoms with Gasteiger partial charge < -0.3 is 9.64 Å². The molecule has 2 aliphatic rings. The second kappa shape index (κ2) is 11.1. The molecule has 1 unspecified atom stereocenters. The lowest BCUT2D eigenvalue weighted by Crippen LogP contribution is -2.49. The lowest BCUT2D eigenvalue weighted by atomic mass is 9.90. The summed E-state index contributed by atoms with van der Waals surface area (Å²) in [5.74, 6) is 1.26. The van der Waals surface area contributed by atoms with Crippen molar-refractivity contribution in [3.63, 3.8) is 0 Å². The fraction of sp³-hybridized carbons (Fsp3) is 0.583. The first-order valence-corrected chi connectivity index (χ1v) is 12.6. The summed E-state index contributed by atoms with van der Waals surface area (Å²) in [6, 6.07) is 4.58. The summed E-state index contributed by atoms with van der Waals surface area (Å²) in [6.45, 7) is 8.16. The Kier molecular flexibility index (Phi) is 7.97. The topological polar surface area (TPSA) is 71.5 Å². The van der Waals surface area contributed by atoms with E-state index < -0.39 is 0 Å². The number of amides is 1. The van der Waals surface area contributed by atoms with Crippen molar-refractivity contribution in [3.05, 3.63) is 47.5 Å². The zero-order valence-corrected chi connectivity index (χ0v) is 19.9. The normalized spacial score (nSPS) is 20.3. The molecule has 32 heavy (non-hydrogen) atoms. The second-order valence-corrected chi connectivity index (χ2v) is 9.56. The average molecular weight is 456 g/mol. The quantitative estimate of drug-likeness (QED) is 0.476. The number of hydrogen-bond donors (Lipinski definition) is 0. The maximum Gasteiger partial charge on any atom is 0.409 e. The van der Waals surface area contributed by atoms with Gasteiger partial charge in [-0.05, 0) is 63.3 Å². The summed E-state index contributed by atoms with van der Waals surface area (Å²) in [5, 5.41) is 0.842. The number of aryl methyl sites for hydroxylation is 1. The molecule has 8 heteroatoms. The molecule has 0 bridgehead atoms. The van der Waals surface area contributed by atoms with Crippen LogP contribution in [0.2, 0.25) is 0 Å². The molecule has 0 aromatic carbocycles. The molecule has 0 spiro atoms. The van der Waals surface area contributed by atoms with Crippen molar-refractivity contribution in [1.82, 2.24) is 24.8 Å². The van der Waals surface area contributed by atoms with Gasteiger partial charge in [-0.25, -0.2) is 14.8 Å². The van der Waals surface area contributed by atoms with E-state index in [1.165, 1.54) is 29.7 Å². The van der Waals surface area contributed by atoms with Crippen molar-refractivity contribution < 1.29 is 9.53 Å². The molecule has 0 aliphatic carbocycles. The standard InChI is InChI=1S/C24H33N5O2S/c1-3-31-24(30)28-12-8-21(9-13-28)29-11-5-7-20(16-29)22-18(2)14-26-23(27-22)32-17-19-6-4-10-25-15-19/h4,6,10,14-15,20-21H,3,5,7-9,11-13,16-17H2,1-2H3. The molecule has 1 amide bonds. The van der Waals surface area contributed by atoms with Crippen LogP contribution < -0.4 is 0 Å². The van der Waals surface area contributed by atoms with Crippen molar-refractivity contribution in [3.8, 4) is 0 Å². The number of aromatic nitrogens is 3. The monoisotopic (exact) mass is 455 g/mol. The van der Waals surface area contributed by atoms with Crippen LogP contribution in [0.3, 0.4) is 0 Å². The van der Waals surface area contributed by atoms with E-state index in [1.807, 2.05) is 30.3 Å². The van der Waals surface area contributed by atoms with Crippen molar-refractivity contribution >= 4 is 17.9 Å². The Balaban J connectivity index is 1.36. The van der Waals surface area contributed by atoms with Crippen LogP contribution in [0.5, 0.6) is 0 Å². The highest BCUT2D eigenvalue weighted by atomic mass is 32.2. The highest BCUT2D eigenvalue weighted by Crippen LogP contribution is 2.32. The lowest BCUT2D eigenvalue weighted by Gasteiger charge is -2.42. The summed E-state index contributed by atoms with van der Waals surface area (Å²) in [4.78, 5) is 30.2. The Morgan fingerprint density at radius 3 is 2.81 bits per heavy atom. The third kappa shape index (κ3) is 5.78. The van der Waals surface area contributed by atoms with Gasteiger partial charge in [-0.2, -0.15) is 0 Å². The maximum atomic E-state index is 12.0. The number of likely N-dealkylation sites (tertiary alicyclic amines) is 2. The second-order valence-electron chi connectivity index (χ2n) is 8.62. The number of pyridine rings is 1. The zero-order valence-electron chi connectivity index (χ0n) is 19.1. The number of rotatable bonds is 6. The lowest BCUT2D eigenvalue weighted by molar-refractivity contribution is 0.0647. The number of thioether (sulfide) groups is 1. The first kappa shape index (κ1) is 23.0. The van der Waals surface area contributed by atoms with Crippen LogP contribution in [0.4, 0.5) is 4.79 Å². The molecule has 172 valence electrons. The largest absolute Gasteiger partial charge is 0.450 e. The van der Waals surface area contributed by atoms with Crippen molar-refractivity contribution in [2.75, 3.05) is 32.8 Å². The number of carbonyl (C=O) groups is 1. The SMILES string of the molecule is CCOC(=O)N1CCC(N2CCCC(c3nc(SCc4cccnc4)ncc3C)C2)CC1. The molecular formula is C24H33N5O2S.